The van der Waals surface area contributed by atoms with E-state index in [1.807, 2.05) is 12.1 Å². The summed E-state index contributed by atoms with van der Waals surface area (Å²) in [6.45, 7) is 5.15. The van der Waals surface area contributed by atoms with Crippen molar-refractivity contribution < 1.29 is 39.6 Å². The first-order valence-electron chi connectivity index (χ1n) is 12.8. The molecule has 0 spiro atoms. The zero-order valence-corrected chi connectivity index (χ0v) is 21.2. The molecule has 0 radical (unpaired) electrons. The van der Waals surface area contributed by atoms with Crippen LogP contribution in [-0.2, 0) is 27.2 Å². The first kappa shape index (κ1) is 27.3. The summed E-state index contributed by atoms with van der Waals surface area (Å²) < 4.78 is 0. The fraction of sp³-hybridized carbons (Fsp3) is 0.312. The van der Waals surface area contributed by atoms with Gasteiger partial charge in [-0.25, -0.2) is 0 Å². The van der Waals surface area contributed by atoms with E-state index >= 15 is 0 Å². The van der Waals surface area contributed by atoms with Gasteiger partial charge in [-0.3, -0.25) is 19.2 Å². The van der Waals surface area contributed by atoms with E-state index in [9.17, 15) is 39.6 Å². The number of allylic oxidation sites excluding steroid dienone is 2. The number of rotatable bonds is 3. The van der Waals surface area contributed by atoms with Crippen LogP contribution in [0, 0.1) is 17.8 Å². The van der Waals surface area contributed by atoms with Crippen molar-refractivity contribution in [2.45, 2.75) is 45.6 Å². The third kappa shape index (κ3) is 3.48. The van der Waals surface area contributed by atoms with Crippen molar-refractivity contribution in [2.75, 3.05) is 0 Å². The fourth-order valence-electron chi connectivity index (χ4n) is 6.86. The SMILES string of the molecule is C.C=C1c2ccccc2C(=O)C1Cc1ccc2c(c1O)C(O)=C1C(=O)[C@@]3(O)C(O)=C(C(C)=O)C(=O)C[C@H]3C[C@H]1C2. The van der Waals surface area contributed by atoms with Crippen molar-refractivity contribution in [3.63, 3.8) is 0 Å². The summed E-state index contributed by atoms with van der Waals surface area (Å²) >= 11 is 0. The molecule has 2 aromatic rings. The number of benzene rings is 2. The zero-order valence-electron chi connectivity index (χ0n) is 21.2. The molecule has 206 valence electrons. The van der Waals surface area contributed by atoms with Crippen LogP contribution >= 0.6 is 0 Å². The van der Waals surface area contributed by atoms with Crippen LogP contribution in [0.2, 0.25) is 0 Å². The van der Waals surface area contributed by atoms with E-state index in [0.29, 0.717) is 22.3 Å². The Balaban J connectivity index is 0.00000323. The predicted octanol–water partition coefficient (Wildman–Crippen LogP) is 4.23. The molecule has 8 nitrogen and oxygen atoms in total. The van der Waals surface area contributed by atoms with Gasteiger partial charge >= 0.3 is 0 Å². The Labute approximate surface area is 231 Å². The Hall–Kier alpha value is -4.30. The molecule has 0 aromatic heterocycles. The summed E-state index contributed by atoms with van der Waals surface area (Å²) in [5.74, 6) is -6.41. The van der Waals surface area contributed by atoms with Gasteiger partial charge in [-0.2, -0.15) is 0 Å². The van der Waals surface area contributed by atoms with Gasteiger partial charge in [0, 0.05) is 23.5 Å². The molecule has 0 heterocycles. The number of ketones is 4. The second-order valence-electron chi connectivity index (χ2n) is 10.9. The number of aromatic hydroxyl groups is 1. The minimum atomic E-state index is -2.53. The third-order valence-corrected chi connectivity index (χ3v) is 8.83. The van der Waals surface area contributed by atoms with Crippen LogP contribution in [0.5, 0.6) is 5.75 Å². The van der Waals surface area contributed by atoms with Crippen molar-refractivity contribution in [3.05, 3.63) is 87.7 Å². The number of hydrogen-bond donors (Lipinski definition) is 4. The maximum Gasteiger partial charge on any atom is 0.202 e. The quantitative estimate of drug-likeness (QED) is 0.421. The minimum Gasteiger partial charge on any atom is -0.508 e. The van der Waals surface area contributed by atoms with Gasteiger partial charge in [0.25, 0.3) is 0 Å². The van der Waals surface area contributed by atoms with E-state index in [1.54, 1.807) is 24.3 Å². The third-order valence-electron chi connectivity index (χ3n) is 8.83. The summed E-state index contributed by atoms with van der Waals surface area (Å²) in [4.78, 5) is 51.3. The van der Waals surface area contributed by atoms with Crippen molar-refractivity contribution in [2.24, 2.45) is 17.8 Å². The van der Waals surface area contributed by atoms with E-state index < -0.39 is 57.8 Å². The van der Waals surface area contributed by atoms with Crippen LogP contribution in [0.15, 0.2) is 59.9 Å². The van der Waals surface area contributed by atoms with Gasteiger partial charge in [0.05, 0.1) is 11.5 Å². The average Bonchev–Trinajstić information content (AvgIpc) is 3.12. The zero-order chi connectivity index (χ0) is 28.0. The number of carbonyl (C=O) groups excluding carboxylic acids is 4. The van der Waals surface area contributed by atoms with Gasteiger partial charge in [-0.15, -0.1) is 0 Å². The van der Waals surface area contributed by atoms with E-state index in [2.05, 4.69) is 6.58 Å². The van der Waals surface area contributed by atoms with Gasteiger partial charge in [-0.1, -0.05) is 50.4 Å². The van der Waals surface area contributed by atoms with Crippen molar-refractivity contribution >= 4 is 34.5 Å². The van der Waals surface area contributed by atoms with Crippen LogP contribution in [-0.4, -0.2) is 49.2 Å². The number of phenolic OH excluding ortho intramolecular Hbond substituents is 1. The lowest BCUT2D eigenvalue weighted by molar-refractivity contribution is -0.147. The van der Waals surface area contributed by atoms with E-state index in [1.165, 1.54) is 0 Å². The Bertz CT molecular complexity index is 1590. The molecule has 8 heteroatoms. The molecule has 4 atom stereocenters. The normalized spacial score (nSPS) is 27.1. The maximum atomic E-state index is 13.7. The summed E-state index contributed by atoms with van der Waals surface area (Å²) in [7, 11) is 0. The topological polar surface area (TPSA) is 149 Å². The van der Waals surface area contributed by atoms with Gasteiger partial charge in [0.15, 0.2) is 23.0 Å². The lowest BCUT2D eigenvalue weighted by Gasteiger charge is -2.46. The van der Waals surface area contributed by atoms with Gasteiger partial charge in [0.1, 0.15) is 22.8 Å². The Morgan fingerprint density at radius 1 is 1.02 bits per heavy atom. The first-order valence-corrected chi connectivity index (χ1v) is 12.8. The average molecular weight is 543 g/mol. The van der Waals surface area contributed by atoms with Crippen LogP contribution in [0.4, 0.5) is 0 Å². The lowest BCUT2D eigenvalue weighted by atomic mass is 9.59. The molecule has 4 aliphatic rings. The molecule has 0 bridgehead atoms. The van der Waals surface area contributed by atoms with E-state index in [4.69, 9.17) is 0 Å². The highest BCUT2D eigenvalue weighted by atomic mass is 16.3. The monoisotopic (exact) mass is 542 g/mol. The van der Waals surface area contributed by atoms with Gasteiger partial charge in [-0.05, 0) is 54.4 Å². The highest BCUT2D eigenvalue weighted by Crippen LogP contribution is 2.52. The lowest BCUT2D eigenvalue weighted by Crippen LogP contribution is -2.57. The smallest absolute Gasteiger partial charge is 0.202 e. The summed E-state index contributed by atoms with van der Waals surface area (Å²) in [6.07, 6.45) is 0.203. The molecule has 0 saturated heterocycles. The summed E-state index contributed by atoms with van der Waals surface area (Å²) in [5.41, 5.74) is -0.334. The minimum absolute atomic E-state index is 0. The number of aliphatic hydroxyl groups is 3. The molecule has 4 N–H and O–H groups in total. The van der Waals surface area contributed by atoms with Gasteiger partial charge in [0.2, 0.25) is 5.78 Å². The first-order chi connectivity index (χ1) is 18.5. The van der Waals surface area contributed by atoms with Crippen LogP contribution in [0.3, 0.4) is 0 Å². The Morgan fingerprint density at radius 3 is 2.35 bits per heavy atom. The van der Waals surface area contributed by atoms with E-state index in [0.717, 1.165) is 12.5 Å². The highest BCUT2D eigenvalue weighted by Gasteiger charge is 2.60. The summed E-state index contributed by atoms with van der Waals surface area (Å²) in [6, 6.07) is 10.6. The summed E-state index contributed by atoms with van der Waals surface area (Å²) in [5, 5.41) is 44.8. The van der Waals surface area contributed by atoms with Crippen LogP contribution in [0.25, 0.3) is 11.3 Å². The number of fused-ring (bicyclic) bond motifs is 4. The molecule has 40 heavy (non-hydrogen) atoms. The standard InChI is InChI=1S/C31H26O8.CH4/c1-13-19-5-3-4-6-20(19)27(35)21(13)11-16-8-7-15-9-17-10-18-12-22(33)23(14(2)32)29(37)31(18,39)30(38)25(17)28(36)24(15)26(16)34;/h3-8,17-18,21,34,36-37,39H,1,9-12H2,2H3;1H4/t17-,18-,21?,31+;/m1./s1. The molecular weight excluding hydrogens is 512 g/mol. The molecule has 1 unspecified atom stereocenters. The van der Waals surface area contributed by atoms with Crippen molar-refractivity contribution in [1.82, 2.24) is 0 Å². The molecule has 2 aromatic carbocycles. The fourth-order valence-corrected chi connectivity index (χ4v) is 6.86. The number of aliphatic hydroxyl groups excluding tert-OH is 2. The number of carbonyl (C=O) groups is 4. The highest BCUT2D eigenvalue weighted by molar-refractivity contribution is 6.23. The molecule has 1 saturated carbocycles. The molecule has 1 fully saturated rings. The molecule has 0 aliphatic heterocycles. The largest absolute Gasteiger partial charge is 0.508 e. The Kier molecular flexibility index (Phi) is 6.23. The van der Waals surface area contributed by atoms with Crippen LogP contribution in [0.1, 0.15) is 59.8 Å². The molecular formula is C32H30O8. The molecule has 0 amide bonds. The second kappa shape index (κ2) is 9.13. The second-order valence-corrected chi connectivity index (χ2v) is 10.9. The molecule has 4 aliphatic carbocycles. The van der Waals surface area contributed by atoms with Crippen molar-refractivity contribution in [1.29, 1.82) is 0 Å². The molecule has 6 rings (SSSR count). The van der Waals surface area contributed by atoms with Gasteiger partial charge < -0.3 is 20.4 Å². The van der Waals surface area contributed by atoms with E-state index in [-0.39, 0.29) is 55.8 Å². The van der Waals surface area contributed by atoms with Crippen molar-refractivity contribution in [3.8, 4) is 5.75 Å². The number of hydrogen-bond acceptors (Lipinski definition) is 8. The predicted molar refractivity (Wildman–Crippen MR) is 147 cm³/mol. The Morgan fingerprint density at radius 2 is 1.70 bits per heavy atom. The van der Waals surface area contributed by atoms with Crippen LogP contribution < -0.4 is 0 Å². The number of phenols is 1. The number of Topliss-reactive ketones (excluding diaryl/α,β-unsaturated/α-hetero) is 4. The maximum absolute atomic E-state index is 13.7.